The van der Waals surface area contributed by atoms with Gasteiger partial charge in [-0.25, -0.2) is 0 Å². The molecule has 0 saturated carbocycles. The first-order valence-electron chi connectivity index (χ1n) is 7.27. The third kappa shape index (κ3) is 3.34. The Morgan fingerprint density at radius 2 is 1.77 bits per heavy atom. The van der Waals surface area contributed by atoms with Crippen molar-refractivity contribution < 1.29 is 14.3 Å². The number of hydrogen-bond acceptors (Lipinski definition) is 4. The number of hydrogen-bond donors (Lipinski definition) is 0. The number of cyclic esters (lactones) is 1. The smallest absolute Gasteiger partial charge is 0.314 e. The van der Waals surface area contributed by atoms with Crippen LogP contribution in [0.3, 0.4) is 0 Å². The van der Waals surface area contributed by atoms with Crippen LogP contribution in [0.2, 0.25) is 0 Å². The van der Waals surface area contributed by atoms with Crippen LogP contribution in [0.25, 0.3) is 0 Å². The van der Waals surface area contributed by atoms with E-state index in [1.807, 2.05) is 61.5 Å². The van der Waals surface area contributed by atoms with E-state index in [2.05, 4.69) is 4.99 Å². The number of nitrogens with zero attached hydrogens (tertiary/aromatic N) is 1. The van der Waals surface area contributed by atoms with Crippen molar-refractivity contribution in [3.63, 3.8) is 0 Å². The summed E-state index contributed by atoms with van der Waals surface area (Å²) in [5.74, 6) is 1.16. The Bertz CT molecular complexity index is 677. The number of ether oxygens (including phenoxy) is 2. The van der Waals surface area contributed by atoms with Crippen LogP contribution < -0.4 is 4.74 Å². The highest BCUT2D eigenvalue weighted by atomic mass is 16.5. The molecule has 22 heavy (non-hydrogen) atoms. The van der Waals surface area contributed by atoms with E-state index in [0.717, 1.165) is 22.9 Å². The zero-order valence-corrected chi connectivity index (χ0v) is 12.4. The molecule has 0 spiro atoms. The van der Waals surface area contributed by atoms with Gasteiger partial charge in [-0.05, 0) is 43.3 Å². The van der Waals surface area contributed by atoms with Gasteiger partial charge >= 0.3 is 5.97 Å². The van der Waals surface area contributed by atoms with E-state index in [0.29, 0.717) is 13.0 Å². The van der Waals surface area contributed by atoms with E-state index in [1.165, 1.54) is 0 Å². The highest BCUT2D eigenvalue weighted by molar-refractivity contribution is 6.02. The van der Waals surface area contributed by atoms with E-state index in [-0.39, 0.29) is 11.9 Å². The third-order valence-corrected chi connectivity index (χ3v) is 3.56. The minimum atomic E-state index is -0.208. The summed E-state index contributed by atoms with van der Waals surface area (Å²) < 4.78 is 10.7. The van der Waals surface area contributed by atoms with Crippen molar-refractivity contribution in [2.24, 2.45) is 10.9 Å². The second-order valence-electron chi connectivity index (χ2n) is 5.17. The first-order valence-corrected chi connectivity index (χ1v) is 7.27. The fourth-order valence-corrected chi connectivity index (χ4v) is 2.37. The van der Waals surface area contributed by atoms with E-state index < -0.39 is 0 Å². The fraction of sp³-hybridized carbons (Fsp3) is 0.222. The van der Waals surface area contributed by atoms with Gasteiger partial charge in [0.2, 0.25) is 0 Å². The maximum absolute atomic E-state index is 11.5. The molecule has 4 nitrogen and oxygen atoms in total. The van der Waals surface area contributed by atoms with Crippen molar-refractivity contribution in [3.8, 4) is 11.5 Å². The molecule has 0 N–H and O–H groups in total. The molecule has 2 aromatic rings. The normalized spacial score (nSPS) is 18.1. The molecule has 1 fully saturated rings. The van der Waals surface area contributed by atoms with Crippen LogP contribution in [0.15, 0.2) is 59.6 Å². The van der Waals surface area contributed by atoms with Gasteiger partial charge in [0.25, 0.3) is 0 Å². The lowest BCUT2D eigenvalue weighted by molar-refractivity contribution is -0.139. The number of carbonyl (C=O) groups excluding carboxylic acids is 1. The largest absolute Gasteiger partial charge is 0.465 e. The van der Waals surface area contributed by atoms with Crippen LogP contribution in [-0.4, -0.2) is 18.3 Å². The summed E-state index contributed by atoms with van der Waals surface area (Å²) in [6, 6.07) is 17.1. The molecular formula is C18H17NO3. The summed E-state index contributed by atoms with van der Waals surface area (Å²) in [7, 11) is 0. The number of carbonyl (C=O) groups is 1. The molecular weight excluding hydrogens is 278 g/mol. The van der Waals surface area contributed by atoms with Crippen LogP contribution in [0.4, 0.5) is 5.69 Å². The summed E-state index contributed by atoms with van der Waals surface area (Å²) in [5.41, 5.74) is 1.59. The molecule has 112 valence electrons. The van der Waals surface area contributed by atoms with Gasteiger partial charge in [0.05, 0.1) is 18.2 Å². The molecule has 0 bridgehead atoms. The van der Waals surface area contributed by atoms with Crippen molar-refractivity contribution in [2.45, 2.75) is 13.3 Å². The Labute approximate surface area is 129 Å². The Morgan fingerprint density at radius 1 is 1.09 bits per heavy atom. The lowest BCUT2D eigenvalue weighted by Gasteiger charge is -2.07. The topological polar surface area (TPSA) is 47.9 Å². The first kappa shape index (κ1) is 14.3. The van der Waals surface area contributed by atoms with Gasteiger partial charge in [0.1, 0.15) is 11.5 Å². The van der Waals surface area contributed by atoms with Gasteiger partial charge in [0.15, 0.2) is 0 Å². The molecule has 1 unspecified atom stereocenters. The fourth-order valence-electron chi connectivity index (χ4n) is 2.37. The standard InChI is InChI=1S/C18H17NO3/c1-13(17-11-12-21-18(17)20)19-14-7-9-16(10-8-14)22-15-5-3-2-4-6-15/h2-10,17H,11-12H2,1H3. The van der Waals surface area contributed by atoms with Crippen LogP contribution in [0.5, 0.6) is 11.5 Å². The first-order chi connectivity index (χ1) is 10.7. The van der Waals surface area contributed by atoms with E-state index in [9.17, 15) is 4.79 Å². The van der Waals surface area contributed by atoms with E-state index in [1.54, 1.807) is 0 Å². The van der Waals surface area contributed by atoms with Crippen molar-refractivity contribution in [1.82, 2.24) is 0 Å². The van der Waals surface area contributed by atoms with Crippen LogP contribution in [0, 0.1) is 5.92 Å². The van der Waals surface area contributed by atoms with E-state index in [4.69, 9.17) is 9.47 Å². The Morgan fingerprint density at radius 3 is 2.41 bits per heavy atom. The van der Waals surface area contributed by atoms with Crippen molar-refractivity contribution in [3.05, 3.63) is 54.6 Å². The number of esters is 1. The molecule has 0 aliphatic carbocycles. The maximum atomic E-state index is 11.5. The molecule has 4 heteroatoms. The molecule has 2 aromatic carbocycles. The zero-order chi connectivity index (χ0) is 15.4. The molecule has 3 rings (SSSR count). The molecule has 0 amide bonds. The average Bonchev–Trinajstić information content (AvgIpc) is 2.96. The van der Waals surface area contributed by atoms with Gasteiger partial charge in [0, 0.05) is 12.1 Å². The quantitative estimate of drug-likeness (QED) is 0.629. The summed E-state index contributed by atoms with van der Waals surface area (Å²) in [6.07, 6.45) is 0.712. The molecule has 1 saturated heterocycles. The predicted octanol–water partition coefficient (Wildman–Crippen LogP) is 4.13. The number of rotatable bonds is 4. The van der Waals surface area contributed by atoms with Gasteiger partial charge in [-0.2, -0.15) is 0 Å². The van der Waals surface area contributed by atoms with Crippen LogP contribution >= 0.6 is 0 Å². The molecule has 1 aliphatic heterocycles. The molecule has 1 aliphatic rings. The van der Waals surface area contributed by atoms with Crippen LogP contribution in [0.1, 0.15) is 13.3 Å². The lowest BCUT2D eigenvalue weighted by Crippen LogP contribution is -2.16. The number of benzene rings is 2. The highest BCUT2D eigenvalue weighted by Crippen LogP contribution is 2.25. The Hall–Kier alpha value is -2.62. The van der Waals surface area contributed by atoms with Crippen molar-refractivity contribution in [2.75, 3.05) is 6.61 Å². The third-order valence-electron chi connectivity index (χ3n) is 3.56. The zero-order valence-electron chi connectivity index (χ0n) is 12.4. The molecule has 0 aromatic heterocycles. The molecule has 1 heterocycles. The lowest BCUT2D eigenvalue weighted by atomic mass is 10.0. The second-order valence-corrected chi connectivity index (χ2v) is 5.17. The summed E-state index contributed by atoms with van der Waals surface area (Å²) in [4.78, 5) is 16.0. The second kappa shape index (κ2) is 6.43. The van der Waals surface area contributed by atoms with E-state index >= 15 is 0 Å². The summed E-state index contributed by atoms with van der Waals surface area (Å²) in [6.45, 7) is 2.35. The van der Waals surface area contributed by atoms with Gasteiger partial charge in [-0.1, -0.05) is 18.2 Å². The Balaban J connectivity index is 1.70. The SMILES string of the molecule is CC(=Nc1ccc(Oc2ccccc2)cc1)C1CCOC1=O. The Kier molecular flexibility index (Phi) is 4.19. The average molecular weight is 295 g/mol. The summed E-state index contributed by atoms with van der Waals surface area (Å²) in [5, 5.41) is 0. The molecule has 0 radical (unpaired) electrons. The van der Waals surface area contributed by atoms with Gasteiger partial charge < -0.3 is 9.47 Å². The maximum Gasteiger partial charge on any atom is 0.314 e. The van der Waals surface area contributed by atoms with Crippen LogP contribution in [-0.2, 0) is 9.53 Å². The number of para-hydroxylation sites is 1. The monoisotopic (exact) mass is 295 g/mol. The number of aliphatic imine (C=N–C) groups is 1. The summed E-state index contributed by atoms with van der Waals surface area (Å²) >= 11 is 0. The van der Waals surface area contributed by atoms with Gasteiger partial charge in [-0.15, -0.1) is 0 Å². The van der Waals surface area contributed by atoms with Crippen molar-refractivity contribution >= 4 is 17.4 Å². The molecule has 1 atom stereocenters. The predicted molar refractivity (Wildman–Crippen MR) is 84.8 cm³/mol. The highest BCUT2D eigenvalue weighted by Gasteiger charge is 2.28. The van der Waals surface area contributed by atoms with Crippen molar-refractivity contribution in [1.29, 1.82) is 0 Å². The minimum Gasteiger partial charge on any atom is -0.465 e. The van der Waals surface area contributed by atoms with Gasteiger partial charge in [-0.3, -0.25) is 9.79 Å². The minimum absolute atomic E-state index is 0.176.